The number of rotatable bonds is 6. The SMILES string of the molecule is COC(=O)c1cccc(OCCN2CCC[C@@H]2CO)c1. The van der Waals surface area contributed by atoms with Crippen LogP contribution in [0.4, 0.5) is 0 Å². The maximum Gasteiger partial charge on any atom is 0.337 e. The van der Waals surface area contributed by atoms with Crippen molar-refractivity contribution in [2.24, 2.45) is 0 Å². The molecule has 2 rings (SSSR count). The molecule has 20 heavy (non-hydrogen) atoms. The molecule has 0 aliphatic carbocycles. The first kappa shape index (κ1) is 14.8. The van der Waals surface area contributed by atoms with Crippen LogP contribution in [0.5, 0.6) is 5.75 Å². The Balaban J connectivity index is 1.83. The molecule has 1 aliphatic rings. The fraction of sp³-hybridized carbons (Fsp3) is 0.533. The Kier molecular flexibility index (Phi) is 5.38. The minimum absolute atomic E-state index is 0.206. The van der Waals surface area contributed by atoms with Gasteiger partial charge in [-0.05, 0) is 37.6 Å². The number of aliphatic hydroxyl groups excluding tert-OH is 1. The van der Waals surface area contributed by atoms with Gasteiger partial charge in [0.25, 0.3) is 0 Å². The molecule has 1 aromatic rings. The number of nitrogens with zero attached hydrogens (tertiary/aromatic N) is 1. The van der Waals surface area contributed by atoms with E-state index in [1.807, 2.05) is 6.07 Å². The summed E-state index contributed by atoms with van der Waals surface area (Å²) in [5.41, 5.74) is 0.486. The molecule has 5 heteroatoms. The van der Waals surface area contributed by atoms with Crippen LogP contribution in [-0.4, -0.2) is 55.4 Å². The molecule has 0 bridgehead atoms. The molecule has 1 heterocycles. The maximum atomic E-state index is 11.4. The molecule has 0 saturated carbocycles. The first-order valence-electron chi connectivity index (χ1n) is 6.90. The number of esters is 1. The standard InChI is InChI=1S/C15H21NO4/c1-19-15(18)12-4-2-6-14(10-12)20-9-8-16-7-3-5-13(16)11-17/h2,4,6,10,13,17H,3,5,7-9,11H2,1H3/t13-/m1/s1. The highest BCUT2D eigenvalue weighted by molar-refractivity contribution is 5.89. The van der Waals surface area contributed by atoms with E-state index in [4.69, 9.17) is 4.74 Å². The molecule has 1 atom stereocenters. The summed E-state index contributed by atoms with van der Waals surface area (Å²) in [4.78, 5) is 13.7. The highest BCUT2D eigenvalue weighted by atomic mass is 16.5. The van der Waals surface area contributed by atoms with Crippen LogP contribution in [0, 0.1) is 0 Å². The van der Waals surface area contributed by atoms with Gasteiger partial charge >= 0.3 is 5.97 Å². The van der Waals surface area contributed by atoms with Crippen LogP contribution < -0.4 is 4.74 Å². The Morgan fingerprint density at radius 3 is 3.10 bits per heavy atom. The monoisotopic (exact) mass is 279 g/mol. The Hall–Kier alpha value is -1.59. The average molecular weight is 279 g/mol. The van der Waals surface area contributed by atoms with Crippen LogP contribution >= 0.6 is 0 Å². The second-order valence-corrected chi connectivity index (χ2v) is 4.88. The summed E-state index contributed by atoms with van der Waals surface area (Å²) in [5.74, 6) is 0.294. The third kappa shape index (κ3) is 3.71. The van der Waals surface area contributed by atoms with E-state index in [0.29, 0.717) is 17.9 Å². The predicted molar refractivity (Wildman–Crippen MR) is 75.0 cm³/mol. The van der Waals surface area contributed by atoms with Crippen molar-refractivity contribution >= 4 is 5.97 Å². The van der Waals surface area contributed by atoms with Crippen LogP contribution in [0.15, 0.2) is 24.3 Å². The molecule has 1 aromatic carbocycles. The van der Waals surface area contributed by atoms with E-state index in [1.165, 1.54) is 7.11 Å². The minimum Gasteiger partial charge on any atom is -0.492 e. The summed E-state index contributed by atoms with van der Waals surface area (Å²) in [6.45, 7) is 2.55. The quantitative estimate of drug-likeness (QED) is 0.796. The highest BCUT2D eigenvalue weighted by Crippen LogP contribution is 2.17. The lowest BCUT2D eigenvalue weighted by atomic mass is 10.2. The number of likely N-dealkylation sites (tertiary alicyclic amines) is 1. The molecular weight excluding hydrogens is 258 g/mol. The normalized spacial score (nSPS) is 19.0. The minimum atomic E-state index is -0.365. The molecule has 0 aromatic heterocycles. The smallest absolute Gasteiger partial charge is 0.337 e. The van der Waals surface area contributed by atoms with Gasteiger partial charge in [-0.2, -0.15) is 0 Å². The van der Waals surface area contributed by atoms with Crippen molar-refractivity contribution < 1.29 is 19.4 Å². The van der Waals surface area contributed by atoms with Gasteiger partial charge in [0.15, 0.2) is 0 Å². The Bertz CT molecular complexity index is 449. The van der Waals surface area contributed by atoms with E-state index in [0.717, 1.165) is 25.9 Å². The van der Waals surface area contributed by atoms with E-state index in [1.54, 1.807) is 18.2 Å². The zero-order valence-electron chi connectivity index (χ0n) is 11.7. The lowest BCUT2D eigenvalue weighted by Gasteiger charge is -2.22. The number of ether oxygens (including phenoxy) is 2. The summed E-state index contributed by atoms with van der Waals surface area (Å²) >= 11 is 0. The van der Waals surface area contributed by atoms with Gasteiger partial charge < -0.3 is 14.6 Å². The summed E-state index contributed by atoms with van der Waals surface area (Å²) in [6.07, 6.45) is 2.18. The van der Waals surface area contributed by atoms with E-state index in [2.05, 4.69) is 9.64 Å². The van der Waals surface area contributed by atoms with Crippen molar-refractivity contribution in [3.05, 3.63) is 29.8 Å². The van der Waals surface area contributed by atoms with Crippen molar-refractivity contribution in [1.29, 1.82) is 0 Å². The summed E-state index contributed by atoms with van der Waals surface area (Å²) in [6, 6.07) is 7.23. The van der Waals surface area contributed by atoms with Gasteiger partial charge in [0.1, 0.15) is 12.4 Å². The Morgan fingerprint density at radius 1 is 1.50 bits per heavy atom. The molecule has 0 unspecified atom stereocenters. The highest BCUT2D eigenvalue weighted by Gasteiger charge is 2.23. The molecular formula is C15H21NO4. The van der Waals surface area contributed by atoms with Crippen molar-refractivity contribution in [2.75, 3.05) is 33.4 Å². The third-order valence-corrected chi connectivity index (χ3v) is 3.61. The van der Waals surface area contributed by atoms with E-state index in [9.17, 15) is 9.90 Å². The average Bonchev–Trinajstić information content (AvgIpc) is 2.94. The number of hydrogen-bond donors (Lipinski definition) is 1. The van der Waals surface area contributed by atoms with Crippen LogP contribution in [0.2, 0.25) is 0 Å². The largest absolute Gasteiger partial charge is 0.492 e. The molecule has 1 N–H and O–H groups in total. The van der Waals surface area contributed by atoms with Crippen molar-refractivity contribution in [1.82, 2.24) is 4.90 Å². The number of carbonyl (C=O) groups is 1. The number of aliphatic hydroxyl groups is 1. The lowest BCUT2D eigenvalue weighted by Crippen LogP contribution is -2.35. The summed E-state index contributed by atoms with van der Waals surface area (Å²) in [7, 11) is 1.36. The van der Waals surface area contributed by atoms with Crippen molar-refractivity contribution in [3.8, 4) is 5.75 Å². The second kappa shape index (κ2) is 7.26. The molecule has 110 valence electrons. The van der Waals surface area contributed by atoms with Crippen LogP contribution in [0.3, 0.4) is 0 Å². The van der Waals surface area contributed by atoms with Gasteiger partial charge in [-0.15, -0.1) is 0 Å². The predicted octanol–water partition coefficient (Wildman–Crippen LogP) is 1.31. The zero-order valence-corrected chi connectivity index (χ0v) is 11.7. The van der Waals surface area contributed by atoms with E-state index in [-0.39, 0.29) is 18.6 Å². The van der Waals surface area contributed by atoms with Crippen molar-refractivity contribution in [3.63, 3.8) is 0 Å². The number of hydrogen-bond acceptors (Lipinski definition) is 5. The third-order valence-electron chi connectivity index (χ3n) is 3.61. The number of carbonyl (C=O) groups excluding carboxylic acids is 1. The number of benzene rings is 1. The van der Waals surface area contributed by atoms with Gasteiger partial charge in [-0.25, -0.2) is 4.79 Å². The topological polar surface area (TPSA) is 59.0 Å². The van der Waals surface area contributed by atoms with E-state index >= 15 is 0 Å². The van der Waals surface area contributed by atoms with Crippen LogP contribution in [-0.2, 0) is 4.74 Å². The molecule has 1 aliphatic heterocycles. The molecule has 0 spiro atoms. The van der Waals surface area contributed by atoms with Gasteiger partial charge in [-0.1, -0.05) is 6.07 Å². The van der Waals surface area contributed by atoms with Gasteiger partial charge in [0.2, 0.25) is 0 Å². The fourth-order valence-electron chi connectivity index (χ4n) is 2.51. The fourth-order valence-corrected chi connectivity index (χ4v) is 2.51. The Labute approximate surface area is 119 Å². The van der Waals surface area contributed by atoms with E-state index < -0.39 is 0 Å². The van der Waals surface area contributed by atoms with Crippen LogP contribution in [0.1, 0.15) is 23.2 Å². The Morgan fingerprint density at radius 2 is 2.35 bits per heavy atom. The molecule has 5 nitrogen and oxygen atoms in total. The number of methoxy groups -OCH3 is 1. The van der Waals surface area contributed by atoms with Crippen molar-refractivity contribution in [2.45, 2.75) is 18.9 Å². The first-order valence-corrected chi connectivity index (χ1v) is 6.90. The van der Waals surface area contributed by atoms with Gasteiger partial charge in [0, 0.05) is 12.6 Å². The van der Waals surface area contributed by atoms with Crippen LogP contribution in [0.25, 0.3) is 0 Å². The first-order chi connectivity index (χ1) is 9.74. The zero-order chi connectivity index (χ0) is 14.4. The maximum absolute atomic E-state index is 11.4. The van der Waals surface area contributed by atoms with Gasteiger partial charge in [-0.3, -0.25) is 4.90 Å². The molecule has 0 radical (unpaired) electrons. The lowest BCUT2D eigenvalue weighted by molar-refractivity contribution is 0.0600. The molecule has 1 saturated heterocycles. The summed E-state index contributed by atoms with van der Waals surface area (Å²) in [5, 5.41) is 9.24. The molecule has 1 fully saturated rings. The summed E-state index contributed by atoms with van der Waals surface area (Å²) < 4.78 is 10.3. The second-order valence-electron chi connectivity index (χ2n) is 4.88. The van der Waals surface area contributed by atoms with Gasteiger partial charge in [0.05, 0.1) is 19.3 Å². The molecule has 0 amide bonds.